The Kier molecular flexibility index (Phi) is 4.54. The van der Waals surface area contributed by atoms with Gasteiger partial charge in [0, 0.05) is 4.47 Å². The van der Waals surface area contributed by atoms with Crippen LogP contribution in [0.4, 0.5) is 0 Å². The lowest BCUT2D eigenvalue weighted by Gasteiger charge is -2.26. The van der Waals surface area contributed by atoms with E-state index in [0.29, 0.717) is 6.61 Å². The minimum absolute atomic E-state index is 0.136. The van der Waals surface area contributed by atoms with Crippen LogP contribution >= 0.6 is 15.9 Å². The first-order chi connectivity index (χ1) is 11.4. The monoisotopic (exact) mass is 388 g/mol. The number of amidine groups is 1. The number of halogens is 1. The summed E-state index contributed by atoms with van der Waals surface area (Å²) in [6, 6.07) is 14.4. The number of hydrogen-bond acceptors (Lipinski definition) is 4. The van der Waals surface area contributed by atoms with Gasteiger partial charge in [-0.25, -0.2) is 4.99 Å². The first kappa shape index (κ1) is 16.8. The lowest BCUT2D eigenvalue weighted by molar-refractivity contribution is 0.240. The Morgan fingerprint density at radius 3 is 2.54 bits per heavy atom. The number of ether oxygens (including phenoxy) is 2. The highest BCUT2D eigenvalue weighted by Crippen LogP contribution is 2.39. The summed E-state index contributed by atoms with van der Waals surface area (Å²) >= 11 is 3.53. The molecule has 4 nitrogen and oxygen atoms in total. The summed E-state index contributed by atoms with van der Waals surface area (Å²) < 4.78 is 12.4. The Bertz CT molecular complexity index is 789. The molecule has 24 heavy (non-hydrogen) atoms. The van der Waals surface area contributed by atoms with Crippen molar-refractivity contribution in [3.63, 3.8) is 0 Å². The molecular formula is C19H21BrN2O2. The van der Waals surface area contributed by atoms with Gasteiger partial charge < -0.3 is 15.2 Å². The fourth-order valence-electron chi connectivity index (χ4n) is 2.93. The smallest absolute Gasteiger partial charge is 0.283 e. The molecule has 1 heterocycles. The lowest BCUT2D eigenvalue weighted by atomic mass is 9.83. The molecule has 0 aliphatic carbocycles. The molecule has 1 atom stereocenters. The standard InChI is InChI=1S/C19H21BrN2O2/c1-12(2)24-17-8-7-15(9-13(17)3)19(11-23-18(21)22-19)14-5-4-6-16(20)10-14/h4-10,12H,11H2,1-3H3,(H2,21,22)/t19-/m1/s1. The molecule has 0 saturated heterocycles. The van der Waals surface area contributed by atoms with E-state index in [2.05, 4.69) is 33.1 Å². The van der Waals surface area contributed by atoms with Crippen LogP contribution in [0.1, 0.15) is 30.5 Å². The summed E-state index contributed by atoms with van der Waals surface area (Å²) in [5.74, 6) is 0.883. The van der Waals surface area contributed by atoms with Crippen LogP contribution in [0.2, 0.25) is 0 Å². The van der Waals surface area contributed by atoms with E-state index in [-0.39, 0.29) is 12.1 Å². The summed E-state index contributed by atoms with van der Waals surface area (Å²) in [5.41, 5.74) is 8.36. The van der Waals surface area contributed by atoms with E-state index in [1.165, 1.54) is 0 Å². The molecule has 0 radical (unpaired) electrons. The van der Waals surface area contributed by atoms with Gasteiger partial charge in [0.1, 0.15) is 12.4 Å². The molecule has 0 fully saturated rings. The average Bonchev–Trinajstić information content (AvgIpc) is 2.92. The normalized spacial score (nSPS) is 20.0. The minimum atomic E-state index is -0.630. The van der Waals surface area contributed by atoms with Gasteiger partial charge in [0.2, 0.25) is 0 Å². The van der Waals surface area contributed by atoms with Crippen molar-refractivity contribution in [2.45, 2.75) is 32.4 Å². The van der Waals surface area contributed by atoms with E-state index in [1.807, 2.05) is 51.1 Å². The van der Waals surface area contributed by atoms with Gasteiger partial charge in [-0.3, -0.25) is 0 Å². The van der Waals surface area contributed by atoms with E-state index in [1.54, 1.807) is 0 Å². The highest BCUT2D eigenvalue weighted by Gasteiger charge is 2.40. The number of benzene rings is 2. The van der Waals surface area contributed by atoms with Crippen molar-refractivity contribution in [3.05, 3.63) is 63.6 Å². The van der Waals surface area contributed by atoms with Crippen LogP contribution in [0.25, 0.3) is 0 Å². The second-order valence-corrected chi connectivity index (χ2v) is 7.17. The third kappa shape index (κ3) is 3.13. The molecule has 0 amide bonds. The Hall–Kier alpha value is -2.01. The van der Waals surface area contributed by atoms with Gasteiger partial charge >= 0.3 is 0 Å². The molecule has 126 valence electrons. The predicted molar refractivity (Wildman–Crippen MR) is 99.4 cm³/mol. The van der Waals surface area contributed by atoms with Crippen LogP contribution in [-0.4, -0.2) is 18.7 Å². The van der Waals surface area contributed by atoms with Gasteiger partial charge in [-0.2, -0.15) is 0 Å². The maximum absolute atomic E-state index is 5.85. The number of hydrogen-bond donors (Lipinski definition) is 1. The first-order valence-electron chi connectivity index (χ1n) is 7.93. The molecule has 2 N–H and O–H groups in total. The zero-order chi connectivity index (χ0) is 17.3. The van der Waals surface area contributed by atoms with Crippen molar-refractivity contribution >= 4 is 22.0 Å². The summed E-state index contributed by atoms with van der Waals surface area (Å²) in [7, 11) is 0. The average molecular weight is 389 g/mol. The van der Waals surface area contributed by atoms with Crippen molar-refractivity contribution in [1.29, 1.82) is 0 Å². The van der Waals surface area contributed by atoms with E-state index in [0.717, 1.165) is 26.9 Å². The van der Waals surface area contributed by atoms with Crippen LogP contribution in [0.3, 0.4) is 0 Å². The molecule has 2 aromatic rings. The zero-order valence-corrected chi connectivity index (χ0v) is 15.6. The summed E-state index contributed by atoms with van der Waals surface area (Å²) in [6.45, 7) is 6.47. The van der Waals surface area contributed by atoms with Crippen molar-refractivity contribution in [2.75, 3.05) is 6.61 Å². The Balaban J connectivity index is 2.10. The molecular weight excluding hydrogens is 368 g/mol. The number of nitrogens with two attached hydrogens (primary N) is 1. The van der Waals surface area contributed by atoms with E-state index in [9.17, 15) is 0 Å². The van der Waals surface area contributed by atoms with Crippen molar-refractivity contribution in [1.82, 2.24) is 0 Å². The number of nitrogens with zero attached hydrogens (tertiary/aromatic N) is 1. The lowest BCUT2D eigenvalue weighted by Crippen LogP contribution is -2.27. The highest BCUT2D eigenvalue weighted by molar-refractivity contribution is 9.10. The second kappa shape index (κ2) is 6.48. The summed E-state index contributed by atoms with van der Waals surface area (Å²) in [6.07, 6.45) is 0.136. The maximum atomic E-state index is 5.85. The van der Waals surface area contributed by atoms with Crippen LogP contribution in [0.5, 0.6) is 5.75 Å². The van der Waals surface area contributed by atoms with E-state index in [4.69, 9.17) is 15.2 Å². The van der Waals surface area contributed by atoms with Gasteiger partial charge in [-0.05, 0) is 61.7 Å². The largest absolute Gasteiger partial charge is 0.491 e. The Morgan fingerprint density at radius 2 is 1.96 bits per heavy atom. The Morgan fingerprint density at radius 1 is 1.21 bits per heavy atom. The van der Waals surface area contributed by atoms with E-state index < -0.39 is 5.54 Å². The third-order valence-electron chi connectivity index (χ3n) is 4.05. The molecule has 0 spiro atoms. The van der Waals surface area contributed by atoms with Gasteiger partial charge in [0.05, 0.1) is 6.10 Å². The number of rotatable bonds is 4. The fourth-order valence-corrected chi connectivity index (χ4v) is 3.33. The van der Waals surface area contributed by atoms with Crippen LogP contribution < -0.4 is 10.5 Å². The van der Waals surface area contributed by atoms with Crippen LogP contribution in [0.15, 0.2) is 51.9 Å². The topological polar surface area (TPSA) is 56.8 Å². The van der Waals surface area contributed by atoms with Crippen LogP contribution in [0, 0.1) is 6.92 Å². The summed E-state index contributed by atoms with van der Waals surface area (Å²) in [5, 5.41) is 0. The molecule has 1 aliphatic rings. The van der Waals surface area contributed by atoms with Crippen LogP contribution in [-0.2, 0) is 10.3 Å². The number of aryl methyl sites for hydroxylation is 1. The first-order valence-corrected chi connectivity index (χ1v) is 8.72. The number of aliphatic imine (C=N–C) groups is 1. The Labute approximate surface area is 150 Å². The molecule has 0 bridgehead atoms. The van der Waals surface area contributed by atoms with Gasteiger partial charge in [0.25, 0.3) is 6.02 Å². The highest BCUT2D eigenvalue weighted by atomic mass is 79.9. The predicted octanol–water partition coefficient (Wildman–Crippen LogP) is 4.13. The SMILES string of the molecule is Cc1cc([C@]2(c3cccc(Br)c3)COC(N)=N2)ccc1OC(C)C. The third-order valence-corrected chi connectivity index (χ3v) is 4.54. The molecule has 3 rings (SSSR count). The molecule has 0 unspecified atom stereocenters. The second-order valence-electron chi connectivity index (χ2n) is 6.26. The quantitative estimate of drug-likeness (QED) is 0.856. The van der Waals surface area contributed by atoms with Crippen molar-refractivity contribution in [3.8, 4) is 5.75 Å². The van der Waals surface area contributed by atoms with Gasteiger partial charge in [-0.15, -0.1) is 0 Å². The fraction of sp³-hybridized carbons (Fsp3) is 0.316. The summed E-state index contributed by atoms with van der Waals surface area (Å²) in [4.78, 5) is 4.64. The zero-order valence-electron chi connectivity index (χ0n) is 14.0. The molecule has 0 saturated carbocycles. The minimum Gasteiger partial charge on any atom is -0.491 e. The van der Waals surface area contributed by atoms with Crippen molar-refractivity contribution < 1.29 is 9.47 Å². The molecule has 5 heteroatoms. The van der Waals surface area contributed by atoms with Gasteiger partial charge in [0.15, 0.2) is 5.54 Å². The van der Waals surface area contributed by atoms with E-state index >= 15 is 0 Å². The molecule has 1 aliphatic heterocycles. The van der Waals surface area contributed by atoms with Gasteiger partial charge in [-0.1, -0.05) is 34.1 Å². The van der Waals surface area contributed by atoms with Crippen molar-refractivity contribution in [2.24, 2.45) is 10.7 Å². The molecule has 0 aromatic heterocycles. The molecule has 2 aromatic carbocycles. The maximum Gasteiger partial charge on any atom is 0.283 e.